The summed E-state index contributed by atoms with van der Waals surface area (Å²) in [6.07, 6.45) is -4.07. The van der Waals surface area contributed by atoms with Gasteiger partial charge in [-0.3, -0.25) is 4.79 Å². The van der Waals surface area contributed by atoms with E-state index < -0.39 is 35.4 Å². The van der Waals surface area contributed by atoms with E-state index in [0.717, 1.165) is 18.7 Å². The fourth-order valence-electron chi connectivity index (χ4n) is 3.29. The summed E-state index contributed by atoms with van der Waals surface area (Å²) < 4.78 is 40.7. The minimum Gasteiger partial charge on any atom is -0.388 e. The smallest absolute Gasteiger partial charge is 0.388 e. The number of aliphatic hydroxyl groups excluding tert-OH is 2. The number of aliphatic hydroxyl groups is 2. The lowest BCUT2D eigenvalue weighted by atomic mass is 10.0. The molecular weight excluding hydrogens is 417 g/mol. The SMILES string of the molecule is N#Cc1c(C(F)(F)F)cc(/C(C=N)=C/NCC(=O)N2CC(O)C(O)C2)nc1N1CCC1. The third kappa shape index (κ3) is 4.78. The van der Waals surface area contributed by atoms with Gasteiger partial charge in [-0.2, -0.15) is 18.4 Å². The van der Waals surface area contributed by atoms with Crippen LogP contribution in [0.1, 0.15) is 23.2 Å². The van der Waals surface area contributed by atoms with Gasteiger partial charge >= 0.3 is 6.18 Å². The molecular formula is C19H21F3N6O3. The first kappa shape index (κ1) is 22.5. The first-order valence-corrected chi connectivity index (χ1v) is 9.51. The van der Waals surface area contributed by atoms with Crippen molar-refractivity contribution in [2.45, 2.75) is 24.8 Å². The summed E-state index contributed by atoms with van der Waals surface area (Å²) >= 11 is 0. The highest BCUT2D eigenvalue weighted by atomic mass is 19.4. The molecule has 3 rings (SSSR count). The maximum absolute atomic E-state index is 13.6. The fourth-order valence-corrected chi connectivity index (χ4v) is 3.29. The summed E-state index contributed by atoms with van der Waals surface area (Å²) in [5, 5.41) is 38.5. The second kappa shape index (κ2) is 8.91. The van der Waals surface area contributed by atoms with Crippen molar-refractivity contribution < 1.29 is 28.2 Å². The van der Waals surface area contributed by atoms with Crippen LogP contribution in [-0.4, -0.2) is 77.2 Å². The zero-order valence-electron chi connectivity index (χ0n) is 16.4. The van der Waals surface area contributed by atoms with Crippen molar-refractivity contribution in [3.05, 3.63) is 29.1 Å². The normalized spacial score (nSPS) is 21.5. The molecule has 1 aromatic rings. The van der Waals surface area contributed by atoms with Crippen molar-refractivity contribution in [2.75, 3.05) is 37.6 Å². The molecule has 2 aliphatic rings. The highest BCUT2D eigenvalue weighted by Gasteiger charge is 2.37. The van der Waals surface area contributed by atoms with E-state index in [0.29, 0.717) is 13.1 Å². The number of anilines is 1. The van der Waals surface area contributed by atoms with Crippen LogP contribution in [0.15, 0.2) is 12.3 Å². The molecule has 166 valence electrons. The average Bonchev–Trinajstić information content (AvgIpc) is 3.01. The largest absolute Gasteiger partial charge is 0.417 e. The molecule has 2 atom stereocenters. The van der Waals surface area contributed by atoms with Gasteiger partial charge < -0.3 is 30.7 Å². The predicted molar refractivity (Wildman–Crippen MR) is 104 cm³/mol. The molecule has 0 aliphatic carbocycles. The third-order valence-electron chi connectivity index (χ3n) is 5.15. The number of nitriles is 1. The molecule has 31 heavy (non-hydrogen) atoms. The van der Waals surface area contributed by atoms with E-state index in [1.54, 1.807) is 11.0 Å². The number of hydrogen-bond acceptors (Lipinski definition) is 8. The highest BCUT2D eigenvalue weighted by Crippen LogP contribution is 2.37. The van der Waals surface area contributed by atoms with Crippen LogP contribution in [0.3, 0.4) is 0 Å². The molecule has 2 aliphatic heterocycles. The monoisotopic (exact) mass is 438 g/mol. The van der Waals surface area contributed by atoms with Gasteiger partial charge in [-0.15, -0.1) is 0 Å². The minimum absolute atomic E-state index is 0.00828. The molecule has 0 aromatic carbocycles. The van der Waals surface area contributed by atoms with E-state index in [4.69, 9.17) is 5.41 Å². The second-order valence-electron chi connectivity index (χ2n) is 7.26. The number of nitrogens with zero attached hydrogens (tertiary/aromatic N) is 4. The van der Waals surface area contributed by atoms with Gasteiger partial charge in [0.05, 0.1) is 30.0 Å². The Morgan fingerprint density at radius 2 is 2.00 bits per heavy atom. The number of halogens is 3. The Morgan fingerprint density at radius 1 is 1.35 bits per heavy atom. The van der Waals surface area contributed by atoms with Crippen molar-refractivity contribution in [1.82, 2.24) is 15.2 Å². The summed E-state index contributed by atoms with van der Waals surface area (Å²) in [6, 6.07) is 2.31. The molecule has 1 aromatic heterocycles. The second-order valence-corrected chi connectivity index (χ2v) is 7.26. The zero-order chi connectivity index (χ0) is 22.8. The molecule has 2 unspecified atom stereocenters. The molecule has 2 saturated heterocycles. The van der Waals surface area contributed by atoms with Crippen molar-refractivity contribution in [3.63, 3.8) is 0 Å². The number of aromatic nitrogens is 1. The van der Waals surface area contributed by atoms with Crippen LogP contribution in [-0.2, 0) is 11.0 Å². The first-order valence-electron chi connectivity index (χ1n) is 9.51. The van der Waals surface area contributed by atoms with Gasteiger partial charge in [0.15, 0.2) is 0 Å². The molecule has 2 fully saturated rings. The minimum atomic E-state index is -4.78. The van der Waals surface area contributed by atoms with Crippen molar-refractivity contribution in [1.29, 1.82) is 10.7 Å². The maximum Gasteiger partial charge on any atom is 0.417 e. The van der Waals surface area contributed by atoms with Crippen LogP contribution >= 0.6 is 0 Å². The molecule has 12 heteroatoms. The van der Waals surface area contributed by atoms with Gasteiger partial charge in [0.25, 0.3) is 0 Å². The number of β-amino-alcohol motifs (C(OH)–C–C–N with tert-alkyl or cyclic N) is 2. The maximum atomic E-state index is 13.6. The zero-order valence-corrected chi connectivity index (χ0v) is 16.4. The quantitative estimate of drug-likeness (QED) is 0.470. The number of alkyl halides is 3. The van der Waals surface area contributed by atoms with E-state index in [-0.39, 0.29) is 36.7 Å². The molecule has 3 heterocycles. The van der Waals surface area contributed by atoms with Crippen molar-refractivity contribution >= 4 is 23.5 Å². The fraction of sp³-hybridized carbons (Fsp3) is 0.474. The lowest BCUT2D eigenvalue weighted by molar-refractivity contribution is -0.137. The van der Waals surface area contributed by atoms with E-state index >= 15 is 0 Å². The highest BCUT2D eigenvalue weighted by molar-refractivity contribution is 6.07. The predicted octanol–water partition coefficient (Wildman–Crippen LogP) is 0.326. The number of likely N-dealkylation sites (tertiary alicyclic amines) is 1. The number of allylic oxidation sites excluding steroid dienone is 1. The molecule has 0 saturated carbocycles. The number of hydrogen-bond donors (Lipinski definition) is 4. The van der Waals surface area contributed by atoms with Crippen LogP contribution in [0, 0.1) is 16.7 Å². The van der Waals surface area contributed by atoms with Gasteiger partial charge in [0, 0.05) is 44.2 Å². The topological polar surface area (TPSA) is 137 Å². The Balaban J connectivity index is 1.84. The van der Waals surface area contributed by atoms with Gasteiger partial charge in [-0.05, 0) is 12.5 Å². The molecule has 0 radical (unpaired) electrons. The van der Waals surface area contributed by atoms with E-state index in [2.05, 4.69) is 10.3 Å². The van der Waals surface area contributed by atoms with E-state index in [1.165, 1.54) is 11.1 Å². The van der Waals surface area contributed by atoms with Crippen LogP contribution in [0.2, 0.25) is 0 Å². The summed E-state index contributed by atoms with van der Waals surface area (Å²) in [7, 11) is 0. The summed E-state index contributed by atoms with van der Waals surface area (Å²) in [4.78, 5) is 19.2. The number of amides is 1. The molecule has 0 spiro atoms. The van der Waals surface area contributed by atoms with Gasteiger partial charge in [0.1, 0.15) is 17.5 Å². The number of nitrogens with one attached hydrogen (secondary N) is 2. The molecule has 1 amide bonds. The summed E-state index contributed by atoms with van der Waals surface area (Å²) in [6.45, 7) is 0.666. The van der Waals surface area contributed by atoms with Gasteiger partial charge in [-0.25, -0.2) is 4.98 Å². The van der Waals surface area contributed by atoms with Gasteiger partial charge in [-0.1, -0.05) is 0 Å². The Bertz CT molecular complexity index is 929. The van der Waals surface area contributed by atoms with E-state index in [1.807, 2.05) is 0 Å². The van der Waals surface area contributed by atoms with Crippen molar-refractivity contribution in [2.24, 2.45) is 0 Å². The third-order valence-corrected chi connectivity index (χ3v) is 5.15. The number of pyridine rings is 1. The van der Waals surface area contributed by atoms with Crippen LogP contribution < -0.4 is 10.2 Å². The van der Waals surface area contributed by atoms with Crippen molar-refractivity contribution in [3.8, 4) is 6.07 Å². The molecule has 4 N–H and O–H groups in total. The summed E-state index contributed by atoms with van der Waals surface area (Å²) in [5.74, 6) is -0.510. The number of carbonyl (C=O) groups is 1. The van der Waals surface area contributed by atoms with Crippen LogP contribution in [0.5, 0.6) is 0 Å². The Kier molecular flexibility index (Phi) is 6.47. The first-order chi connectivity index (χ1) is 14.7. The van der Waals surface area contributed by atoms with Gasteiger partial charge in [0.2, 0.25) is 5.91 Å². The molecule has 9 nitrogen and oxygen atoms in total. The lowest BCUT2D eigenvalue weighted by Crippen LogP contribution is -2.38. The number of rotatable bonds is 6. The van der Waals surface area contributed by atoms with E-state index in [9.17, 15) is 33.4 Å². The van der Waals surface area contributed by atoms with Crippen LogP contribution in [0.4, 0.5) is 19.0 Å². The Hall–Kier alpha value is -3.17. The standard InChI is InChI=1S/C19H21F3N6O3/c20-19(21,22)13-4-14(26-18(12(13)6-24)27-2-1-3-27)11(5-23)7-25-8-17(31)28-9-15(29)16(30)10-28/h4-5,7,15-16,23,25,29-30H,1-3,8-10H2/b11-7+,23-5?. The molecule has 0 bridgehead atoms. The lowest BCUT2D eigenvalue weighted by Gasteiger charge is -2.33. The summed E-state index contributed by atoms with van der Waals surface area (Å²) in [5.41, 5.74) is -1.86. The number of carbonyl (C=O) groups excluding carboxylic acids is 1. The van der Waals surface area contributed by atoms with Crippen LogP contribution in [0.25, 0.3) is 5.57 Å². The average molecular weight is 438 g/mol. The Morgan fingerprint density at radius 3 is 2.48 bits per heavy atom. The Labute approximate surface area is 175 Å².